The van der Waals surface area contributed by atoms with Crippen LogP contribution < -0.4 is 16.0 Å². The molecule has 0 radical (unpaired) electrons. The van der Waals surface area contributed by atoms with Crippen LogP contribution in [0.25, 0.3) is 11.2 Å². The molecule has 3 heterocycles. The number of nitrogens with zero attached hydrogens (tertiary/aromatic N) is 4. The molecule has 190 valence electrons. The highest BCUT2D eigenvalue weighted by molar-refractivity contribution is 6.02. The minimum atomic E-state index is -1.33. The van der Waals surface area contributed by atoms with Gasteiger partial charge < -0.3 is 25.0 Å². The molecule has 0 aliphatic carbocycles. The van der Waals surface area contributed by atoms with E-state index in [1.165, 1.54) is 17.2 Å². The summed E-state index contributed by atoms with van der Waals surface area (Å²) < 4.78 is 12.7. The fraction of sp³-hybridized carbons (Fsp3) is 0.208. The topological polar surface area (TPSA) is 173 Å². The number of para-hydroxylation sites is 2. The minimum Gasteiger partial charge on any atom is -0.438 e. The number of amides is 3. The molecule has 0 bridgehead atoms. The van der Waals surface area contributed by atoms with Gasteiger partial charge in [0, 0.05) is 11.4 Å². The predicted octanol–water partition coefficient (Wildman–Crippen LogP) is 2.34. The van der Waals surface area contributed by atoms with Gasteiger partial charge in [-0.15, -0.1) is 0 Å². The summed E-state index contributed by atoms with van der Waals surface area (Å²) in [5, 5.41) is 28.3. The van der Waals surface area contributed by atoms with Crippen molar-refractivity contribution in [1.29, 1.82) is 0 Å². The molecule has 13 heteroatoms. The molecule has 4 atom stereocenters. The summed E-state index contributed by atoms with van der Waals surface area (Å²) in [5.41, 5.74) is 1.58. The molecule has 37 heavy (non-hydrogen) atoms. The van der Waals surface area contributed by atoms with Crippen LogP contribution >= 0.6 is 0 Å². The van der Waals surface area contributed by atoms with Crippen LogP contribution in [0.5, 0.6) is 0 Å². The number of aliphatic hydroxyl groups is 2. The number of nitrogens with one attached hydrogen (secondary N) is 3. The van der Waals surface area contributed by atoms with E-state index in [1.807, 2.05) is 6.07 Å². The molecule has 4 aromatic rings. The minimum absolute atomic E-state index is 0.133. The van der Waals surface area contributed by atoms with Gasteiger partial charge in [-0.2, -0.15) is 0 Å². The lowest BCUT2D eigenvalue weighted by Crippen LogP contribution is -2.38. The zero-order valence-corrected chi connectivity index (χ0v) is 19.3. The summed E-state index contributed by atoms with van der Waals surface area (Å²) in [7, 11) is 0. The molecule has 1 aliphatic heterocycles. The predicted molar refractivity (Wildman–Crippen MR) is 132 cm³/mol. The number of rotatable bonds is 6. The highest BCUT2D eigenvalue weighted by Crippen LogP contribution is 2.34. The second kappa shape index (κ2) is 10.6. The van der Waals surface area contributed by atoms with E-state index < -0.39 is 43.3 Å². The van der Waals surface area contributed by atoms with E-state index in [1.54, 1.807) is 54.6 Å². The number of aliphatic hydroxyl groups excluding tert-OH is 2. The quantitative estimate of drug-likeness (QED) is 0.264. The molecule has 1 saturated heterocycles. The third-order valence-electron chi connectivity index (χ3n) is 5.65. The van der Waals surface area contributed by atoms with E-state index in [0.717, 1.165) is 0 Å². The van der Waals surface area contributed by atoms with Crippen LogP contribution in [0.3, 0.4) is 0 Å². The van der Waals surface area contributed by atoms with Crippen LogP contribution in [0.1, 0.15) is 6.23 Å². The summed E-state index contributed by atoms with van der Waals surface area (Å²) in [4.78, 5) is 37.6. The first-order valence-corrected chi connectivity index (χ1v) is 11.3. The summed E-state index contributed by atoms with van der Waals surface area (Å²) in [6.07, 6.45) is -2.85. The maximum Gasteiger partial charge on any atom is 0.412 e. The van der Waals surface area contributed by atoms with Crippen molar-refractivity contribution in [2.45, 2.75) is 24.5 Å². The zero-order valence-electron chi connectivity index (χ0n) is 19.3. The Morgan fingerprint density at radius 3 is 2.30 bits per heavy atom. The number of urea groups is 1. The number of carbonyl (C=O) groups is 2. The van der Waals surface area contributed by atoms with Crippen LogP contribution in [0, 0.1) is 0 Å². The number of benzene rings is 2. The lowest BCUT2D eigenvalue weighted by molar-refractivity contribution is -0.0520. The number of imidazole rings is 1. The van der Waals surface area contributed by atoms with Crippen molar-refractivity contribution in [3.63, 3.8) is 0 Å². The third-order valence-corrected chi connectivity index (χ3v) is 5.65. The summed E-state index contributed by atoms with van der Waals surface area (Å²) in [5.74, 6) is 0.133. The largest absolute Gasteiger partial charge is 0.438 e. The Bertz CT molecular complexity index is 1380. The van der Waals surface area contributed by atoms with E-state index in [2.05, 4.69) is 30.9 Å². The van der Waals surface area contributed by atoms with Gasteiger partial charge in [0.2, 0.25) is 0 Å². The Balaban J connectivity index is 1.37. The van der Waals surface area contributed by atoms with Crippen LogP contribution in [-0.4, -0.2) is 66.8 Å². The van der Waals surface area contributed by atoms with Gasteiger partial charge >= 0.3 is 12.1 Å². The van der Waals surface area contributed by atoms with E-state index in [4.69, 9.17) is 9.47 Å². The van der Waals surface area contributed by atoms with Gasteiger partial charge in [0.05, 0.1) is 12.9 Å². The van der Waals surface area contributed by atoms with E-state index in [-0.39, 0.29) is 17.0 Å². The smallest absolute Gasteiger partial charge is 0.412 e. The fourth-order valence-electron chi connectivity index (χ4n) is 3.93. The monoisotopic (exact) mass is 505 g/mol. The van der Waals surface area contributed by atoms with E-state index in [9.17, 15) is 19.8 Å². The van der Waals surface area contributed by atoms with Gasteiger partial charge in [-0.25, -0.2) is 24.5 Å². The van der Waals surface area contributed by atoms with Crippen LogP contribution in [0.15, 0.2) is 73.3 Å². The number of carbonyl (C=O) groups excluding carboxylic acids is 2. The van der Waals surface area contributed by atoms with Gasteiger partial charge in [0.25, 0.3) is 0 Å². The average Bonchev–Trinajstić information content (AvgIpc) is 3.46. The van der Waals surface area contributed by atoms with E-state index >= 15 is 0 Å². The third kappa shape index (κ3) is 5.18. The molecule has 1 aliphatic rings. The van der Waals surface area contributed by atoms with Gasteiger partial charge in [-0.05, 0) is 24.3 Å². The molecule has 0 spiro atoms. The number of anilines is 3. The highest BCUT2D eigenvalue weighted by Gasteiger charge is 2.47. The molecule has 1 fully saturated rings. The van der Waals surface area contributed by atoms with Crippen molar-refractivity contribution >= 4 is 40.5 Å². The van der Waals surface area contributed by atoms with Gasteiger partial charge in [0.15, 0.2) is 29.3 Å². The Labute approximate surface area is 210 Å². The number of fused-ring (bicyclic) bond motifs is 1. The molecule has 3 amide bonds. The second-order valence-corrected chi connectivity index (χ2v) is 8.09. The summed E-state index contributed by atoms with van der Waals surface area (Å²) >= 11 is 0. The first-order chi connectivity index (χ1) is 18.0. The molecule has 0 saturated carbocycles. The van der Waals surface area contributed by atoms with Crippen molar-refractivity contribution in [1.82, 2.24) is 19.5 Å². The standard InChI is InChI=1S/C24H23N7O6/c32-11-16-18(33)19(37-24(35)29-15-9-5-2-6-10-15)22(36-16)31-13-27-17-20(25-12-26-21(17)31)30-23(34)28-14-7-3-1-4-8-14/h1-10,12-13,16,18-19,22,32-33H,11H2,(H,29,35)(H2,25,26,28,30,34)/t16-,18-,19-,22-/m1/s1. The van der Waals surface area contributed by atoms with Gasteiger partial charge in [-0.3, -0.25) is 15.2 Å². The van der Waals surface area contributed by atoms with Crippen LogP contribution in [-0.2, 0) is 9.47 Å². The fourth-order valence-corrected chi connectivity index (χ4v) is 3.93. The van der Waals surface area contributed by atoms with Crippen LogP contribution in [0.4, 0.5) is 26.8 Å². The SMILES string of the molecule is O=C(Nc1ccccc1)Nc1ncnc2c1ncn2[C@@H]1O[C@H](CO)[C@@H](O)[C@H]1OC(=O)Nc1ccccc1. The number of hydrogen-bond donors (Lipinski definition) is 5. The van der Waals surface area contributed by atoms with Gasteiger partial charge in [0.1, 0.15) is 18.5 Å². The lowest BCUT2D eigenvalue weighted by Gasteiger charge is -2.22. The Morgan fingerprint density at radius 2 is 1.62 bits per heavy atom. The molecule has 2 aromatic carbocycles. The second-order valence-electron chi connectivity index (χ2n) is 8.09. The lowest BCUT2D eigenvalue weighted by atomic mass is 10.1. The first kappa shape index (κ1) is 24.1. The normalized spacial score (nSPS) is 20.9. The van der Waals surface area contributed by atoms with Crippen LogP contribution in [0.2, 0.25) is 0 Å². The summed E-state index contributed by atoms with van der Waals surface area (Å²) in [6, 6.07) is 17.0. The van der Waals surface area contributed by atoms with Crippen molar-refractivity contribution in [2.75, 3.05) is 22.6 Å². The Morgan fingerprint density at radius 1 is 0.946 bits per heavy atom. The highest BCUT2D eigenvalue weighted by atomic mass is 16.6. The molecule has 0 unspecified atom stereocenters. The maximum atomic E-state index is 12.5. The molecule has 2 aromatic heterocycles. The summed E-state index contributed by atoms with van der Waals surface area (Å²) in [6.45, 7) is -0.508. The van der Waals surface area contributed by atoms with Crippen molar-refractivity contribution < 1.29 is 29.3 Å². The maximum absolute atomic E-state index is 12.5. The van der Waals surface area contributed by atoms with Gasteiger partial charge in [-0.1, -0.05) is 36.4 Å². The molecular weight excluding hydrogens is 482 g/mol. The molecule has 5 N–H and O–H groups in total. The molecule has 5 rings (SSSR count). The Kier molecular flexibility index (Phi) is 6.89. The molecular formula is C24H23N7O6. The van der Waals surface area contributed by atoms with Crippen molar-refractivity contribution in [3.8, 4) is 0 Å². The zero-order chi connectivity index (χ0) is 25.8. The average molecular weight is 505 g/mol. The first-order valence-electron chi connectivity index (χ1n) is 11.3. The molecule has 13 nitrogen and oxygen atoms in total. The van der Waals surface area contributed by atoms with Crippen molar-refractivity contribution in [2.24, 2.45) is 0 Å². The number of ether oxygens (including phenoxy) is 2. The number of aromatic nitrogens is 4. The van der Waals surface area contributed by atoms with E-state index in [0.29, 0.717) is 11.4 Å². The van der Waals surface area contributed by atoms with Crippen molar-refractivity contribution in [3.05, 3.63) is 73.3 Å². The number of hydrogen-bond acceptors (Lipinski definition) is 9. The Hall–Kier alpha value is -4.59.